The zero-order chi connectivity index (χ0) is 105. The zero-order valence-electron chi connectivity index (χ0n) is 91.2. The quantitative estimate of drug-likeness (QED) is 0.0513. The van der Waals surface area contributed by atoms with Gasteiger partial charge < -0.3 is 0 Å². The van der Waals surface area contributed by atoms with Gasteiger partial charge in [0.15, 0.2) is 0 Å². The van der Waals surface area contributed by atoms with Gasteiger partial charge in [-0.25, -0.2) is 13.2 Å². The largest absolute Gasteiger partial charge is 0.300 e. The molecular formula is C114H195F3O18. The summed E-state index contributed by atoms with van der Waals surface area (Å²) in [6, 6.07) is 0. The Bertz CT molecular complexity index is 3340. The van der Waals surface area contributed by atoms with Crippen molar-refractivity contribution in [2.24, 2.45) is 104 Å². The fraction of sp³-hybridized carbons (Fsp3) is 0.842. The summed E-state index contributed by atoms with van der Waals surface area (Å²) in [5.41, 5.74) is -1.88. The second kappa shape index (κ2) is 65.8. The number of halogens is 3. The van der Waals surface area contributed by atoms with Crippen molar-refractivity contribution in [2.75, 3.05) is 0 Å². The number of alkyl halides is 3. The van der Waals surface area contributed by atoms with Gasteiger partial charge in [0.1, 0.15) is 110 Å². The molecule has 6 fully saturated rings. The van der Waals surface area contributed by atoms with Crippen LogP contribution in [0.3, 0.4) is 0 Å². The van der Waals surface area contributed by atoms with Gasteiger partial charge in [0.05, 0.1) is 57.8 Å². The van der Waals surface area contributed by atoms with E-state index in [-0.39, 0.29) is 252 Å². The number of rotatable bonds is 42. The van der Waals surface area contributed by atoms with Crippen molar-refractivity contribution >= 4 is 104 Å². The highest BCUT2D eigenvalue weighted by Crippen LogP contribution is 2.43. The predicted molar refractivity (Wildman–Crippen MR) is 539 cm³/mol. The minimum absolute atomic E-state index is 0.0160. The molecule has 0 N–H and O–H groups in total. The van der Waals surface area contributed by atoms with E-state index in [1.54, 1.807) is 6.92 Å². The van der Waals surface area contributed by atoms with Crippen LogP contribution in [0, 0.1) is 104 Å². The number of carbonyl (C=O) groups is 18. The van der Waals surface area contributed by atoms with E-state index in [1.165, 1.54) is 52.4 Å². The molecule has 780 valence electrons. The molecule has 6 rings (SSSR count). The number of hydrogen-bond donors (Lipinski definition) is 0. The van der Waals surface area contributed by atoms with E-state index in [0.717, 1.165) is 128 Å². The summed E-state index contributed by atoms with van der Waals surface area (Å²) >= 11 is 0. The lowest BCUT2D eigenvalue weighted by Gasteiger charge is -2.35. The van der Waals surface area contributed by atoms with Gasteiger partial charge in [0, 0.05) is 107 Å². The maximum atomic E-state index is 13.7. The monoisotopic (exact) mass is 1910 g/mol. The Hall–Kier alpha value is -6.15. The highest BCUT2D eigenvalue weighted by Gasteiger charge is 2.42. The third-order valence-corrected chi connectivity index (χ3v) is 29.2. The van der Waals surface area contributed by atoms with Crippen LogP contribution in [-0.2, 0) is 86.3 Å². The van der Waals surface area contributed by atoms with E-state index < -0.39 is 28.3 Å². The van der Waals surface area contributed by atoms with E-state index in [1.807, 2.05) is 166 Å². The maximum absolute atomic E-state index is 13.7. The van der Waals surface area contributed by atoms with Crippen molar-refractivity contribution in [1.82, 2.24) is 0 Å². The van der Waals surface area contributed by atoms with Crippen LogP contribution in [0.15, 0.2) is 0 Å². The highest BCUT2D eigenvalue weighted by atomic mass is 19.3. The molecule has 0 amide bonds. The Morgan fingerprint density at radius 3 is 0.726 bits per heavy atom. The normalized spacial score (nSPS) is 18.7. The van der Waals surface area contributed by atoms with E-state index in [0.29, 0.717) is 61.2 Å². The molecule has 0 heterocycles. The van der Waals surface area contributed by atoms with Crippen LogP contribution in [0.1, 0.15) is 504 Å². The Kier molecular flexibility index (Phi) is 64.8. The Balaban J connectivity index is -0.00000147. The van der Waals surface area contributed by atoms with E-state index >= 15 is 0 Å². The molecule has 0 aromatic carbocycles. The summed E-state index contributed by atoms with van der Waals surface area (Å²) in [6.07, 6.45) is 29.9. The molecule has 0 saturated heterocycles. The number of Topliss-reactive ketones (excluding diaryl/α,β-unsaturated/α-hetero) is 18. The molecule has 0 atom stereocenters. The minimum atomic E-state index is -2.66. The Morgan fingerprint density at radius 2 is 0.511 bits per heavy atom. The molecule has 0 spiro atoms. The molecule has 0 aromatic rings. The lowest BCUT2D eigenvalue weighted by atomic mass is 9.69. The summed E-state index contributed by atoms with van der Waals surface area (Å²) in [6.45, 7) is 59.8. The summed E-state index contributed by atoms with van der Waals surface area (Å²) in [7, 11) is 0. The van der Waals surface area contributed by atoms with Crippen LogP contribution in [0.2, 0.25) is 0 Å². The highest BCUT2D eigenvalue weighted by molar-refractivity contribution is 6.06. The average molecular weight is 1910 g/mol. The van der Waals surface area contributed by atoms with Crippen LogP contribution in [0.25, 0.3) is 0 Å². The standard InChI is InChI=1S/C19H32O2.C16H23F3O2.C15H24O2.C15H28O2.C13H24O2.2C11H20O2.C9H16O2.C5H8O2/c1-18(2)9-5-14(6-10-18)16(20)13-17(21)15-7-11-19(3,4)12-8-15;1-15(17)6-2-11(3-7-15)13(20)10-14(21)12-4-8-16(18,19)9-5-12;16-14(12-7-3-1-4-8-12)11-15(17)13-9-5-2-6-10-13;1-7-14(5,8-2)12(16)11-13(17)15(6,9-3)10-4;1-5-10(6-2)12(14)9-13(15)11(7-3)8-4;1-10(2,3)8(12)7-9(13)11(4,5)6;1-8(2)5-10(12)7-11(13)6-9(3)4;1-6(2)8(10)5-9(11)7(3)4;1-4(6)3-5(2)7/h14-15H,5-13H2,1-4H3;11-12H,2-10H2,1H3;12-13H,1-11H2;7-11H2,1-6H3;10-11H,5-9H2,1-4H3;7H2,1-6H3;8-9H,5-7H2,1-4H3;6-7H,5H2,1-4H3;3H2,1-2H3. The minimum Gasteiger partial charge on any atom is -0.300 e. The van der Waals surface area contributed by atoms with Crippen molar-refractivity contribution in [3.63, 3.8) is 0 Å². The van der Waals surface area contributed by atoms with E-state index in [2.05, 4.69) is 27.7 Å². The van der Waals surface area contributed by atoms with E-state index in [9.17, 15) is 99.5 Å². The van der Waals surface area contributed by atoms with Crippen LogP contribution in [0.5, 0.6) is 0 Å². The zero-order valence-corrected chi connectivity index (χ0v) is 91.2. The maximum Gasteiger partial charge on any atom is 0.248 e. The van der Waals surface area contributed by atoms with Crippen LogP contribution >= 0.6 is 0 Å². The SMILES string of the molecule is CC(=O)CC(C)=O.CC(C)(C)C(=O)CC(=O)C(C)(C)C.CC(C)C(=O)CC(=O)C(C)C.CC(C)CC(=O)CC(=O)CC(C)C.CC1(C)CCC(C(=O)CC(=O)C2CCC(C)(C)CC2)CC1.CC1(F)CCC(C(=O)CC(=O)C2CCC(F)(F)CC2)CC1.CCC(C)(CC)C(=O)CC(=O)C(C)(CC)CC.CCC(CC)C(=O)CC(=O)C(CC)CC.O=C(CC(=O)C1CCCCC1)C1CCCCC1. The van der Waals surface area contributed by atoms with Gasteiger partial charge in [-0.3, -0.25) is 86.3 Å². The topological polar surface area (TPSA) is 307 Å². The van der Waals surface area contributed by atoms with Gasteiger partial charge >= 0.3 is 0 Å². The number of ketones is 18. The molecule has 0 radical (unpaired) electrons. The lowest BCUT2D eigenvalue weighted by molar-refractivity contribution is -0.138. The van der Waals surface area contributed by atoms with Gasteiger partial charge in [-0.05, 0) is 210 Å². The summed E-state index contributed by atoms with van der Waals surface area (Å²) in [5, 5.41) is 0. The van der Waals surface area contributed by atoms with Crippen LogP contribution < -0.4 is 0 Å². The first-order chi connectivity index (χ1) is 62.1. The van der Waals surface area contributed by atoms with Crippen LogP contribution in [0.4, 0.5) is 13.2 Å². The smallest absolute Gasteiger partial charge is 0.248 e. The molecule has 6 aliphatic carbocycles. The molecule has 6 saturated carbocycles. The fourth-order valence-corrected chi connectivity index (χ4v) is 17.3. The first-order valence-electron chi connectivity index (χ1n) is 52.6. The molecule has 18 nitrogen and oxygen atoms in total. The average Bonchev–Trinajstić information content (AvgIpc) is 0.854. The first-order valence-corrected chi connectivity index (χ1v) is 52.6. The van der Waals surface area contributed by atoms with Crippen LogP contribution in [-0.4, -0.2) is 116 Å². The molecule has 0 bridgehead atoms. The van der Waals surface area contributed by atoms with Crippen molar-refractivity contribution < 1.29 is 99.5 Å². The fourth-order valence-electron chi connectivity index (χ4n) is 17.3. The third-order valence-electron chi connectivity index (χ3n) is 29.2. The molecule has 0 aliphatic heterocycles. The van der Waals surface area contributed by atoms with Gasteiger partial charge in [-0.2, -0.15) is 0 Å². The summed E-state index contributed by atoms with van der Waals surface area (Å²) < 4.78 is 39.8. The molecule has 6 aliphatic rings. The summed E-state index contributed by atoms with van der Waals surface area (Å²) in [4.78, 5) is 208. The first kappa shape index (κ1) is 133. The lowest BCUT2D eigenvalue weighted by Crippen LogP contribution is -2.34. The second-order valence-corrected chi connectivity index (χ2v) is 46.4. The van der Waals surface area contributed by atoms with Crippen molar-refractivity contribution in [3.8, 4) is 0 Å². The summed E-state index contributed by atoms with van der Waals surface area (Å²) in [5.74, 6) is -0.457. The van der Waals surface area contributed by atoms with Crippen molar-refractivity contribution in [1.29, 1.82) is 0 Å². The van der Waals surface area contributed by atoms with Gasteiger partial charge in [0.25, 0.3) is 0 Å². The number of hydrogen-bond acceptors (Lipinski definition) is 18. The van der Waals surface area contributed by atoms with Gasteiger partial charge in [-0.15, -0.1) is 0 Å². The predicted octanol–water partition coefficient (Wildman–Crippen LogP) is 28.0. The van der Waals surface area contributed by atoms with Crippen molar-refractivity contribution in [3.05, 3.63) is 0 Å². The van der Waals surface area contributed by atoms with Gasteiger partial charge in [0.2, 0.25) is 5.92 Å². The van der Waals surface area contributed by atoms with Gasteiger partial charge in [-0.1, -0.05) is 232 Å². The second-order valence-electron chi connectivity index (χ2n) is 46.4. The molecule has 0 unspecified atom stereocenters. The molecule has 135 heavy (non-hydrogen) atoms. The number of carbonyl (C=O) groups excluding carboxylic acids is 18. The molecular weight excluding hydrogens is 1710 g/mol. The Morgan fingerprint density at radius 1 is 0.281 bits per heavy atom. The molecule has 21 heteroatoms. The van der Waals surface area contributed by atoms with Crippen molar-refractivity contribution in [2.45, 2.75) is 515 Å². The third kappa shape index (κ3) is 58.6. The van der Waals surface area contributed by atoms with E-state index in [4.69, 9.17) is 0 Å². The molecule has 0 aromatic heterocycles. The Labute approximate surface area is 817 Å².